The summed E-state index contributed by atoms with van der Waals surface area (Å²) >= 11 is 0. The molecule has 1 aromatic rings. The number of hydrogen-bond acceptors (Lipinski definition) is 3. The summed E-state index contributed by atoms with van der Waals surface area (Å²) in [5, 5.41) is 2.05. The minimum absolute atomic E-state index is 0.567. The highest BCUT2D eigenvalue weighted by molar-refractivity contribution is 5.96. The van der Waals surface area contributed by atoms with Crippen LogP contribution in [0.15, 0.2) is 29.8 Å². The van der Waals surface area contributed by atoms with Crippen molar-refractivity contribution < 1.29 is 23.1 Å². The van der Waals surface area contributed by atoms with Crippen molar-refractivity contribution in [1.29, 1.82) is 0 Å². The molecule has 1 amide bonds. The van der Waals surface area contributed by atoms with Crippen molar-refractivity contribution >= 4 is 17.6 Å². The van der Waals surface area contributed by atoms with Crippen molar-refractivity contribution in [1.82, 2.24) is 0 Å². The van der Waals surface area contributed by atoms with Gasteiger partial charge in [0, 0.05) is 6.08 Å². The second-order valence-corrected chi connectivity index (χ2v) is 4.39. The van der Waals surface area contributed by atoms with E-state index in [1.807, 2.05) is 0 Å². The molecule has 1 rings (SSSR count). The van der Waals surface area contributed by atoms with E-state index in [0.29, 0.717) is 5.57 Å². The number of ether oxygens (including phenoxy) is 1. The predicted octanol–water partition coefficient (Wildman–Crippen LogP) is 2.80. The maximum atomic E-state index is 13.3. The fraction of sp³-hybridized carbons (Fsp3) is 0.286. The Labute approximate surface area is 115 Å². The van der Waals surface area contributed by atoms with E-state index >= 15 is 0 Å². The summed E-state index contributed by atoms with van der Waals surface area (Å²) in [5.74, 6) is -3.31. The molecule has 1 N–H and O–H groups in total. The average molecular weight is 283 g/mol. The Bertz CT molecular complexity index is 531. The molecule has 20 heavy (non-hydrogen) atoms. The zero-order valence-corrected chi connectivity index (χ0v) is 11.4. The topological polar surface area (TPSA) is 55.4 Å². The van der Waals surface area contributed by atoms with Gasteiger partial charge < -0.3 is 10.1 Å². The van der Waals surface area contributed by atoms with Crippen molar-refractivity contribution in [3.8, 4) is 0 Å². The second kappa shape index (κ2) is 6.79. The van der Waals surface area contributed by atoms with Gasteiger partial charge in [0.25, 0.3) is 5.91 Å². The number of nitrogens with one attached hydrogen (secondary N) is 1. The van der Waals surface area contributed by atoms with Crippen LogP contribution in [0.1, 0.15) is 20.8 Å². The Morgan fingerprint density at radius 2 is 1.80 bits per heavy atom. The molecule has 0 aliphatic rings. The molecular formula is C14H15F2NO3. The van der Waals surface area contributed by atoms with E-state index < -0.39 is 35.3 Å². The smallest absolute Gasteiger partial charge is 0.331 e. The van der Waals surface area contributed by atoms with Crippen LogP contribution < -0.4 is 5.32 Å². The first-order valence-corrected chi connectivity index (χ1v) is 5.91. The van der Waals surface area contributed by atoms with E-state index in [0.717, 1.165) is 12.1 Å². The van der Waals surface area contributed by atoms with Crippen molar-refractivity contribution in [2.45, 2.75) is 26.9 Å². The van der Waals surface area contributed by atoms with Gasteiger partial charge in [0.2, 0.25) is 0 Å². The monoisotopic (exact) mass is 283 g/mol. The van der Waals surface area contributed by atoms with E-state index in [1.54, 1.807) is 13.8 Å². The van der Waals surface area contributed by atoms with Gasteiger partial charge in [-0.2, -0.15) is 0 Å². The van der Waals surface area contributed by atoms with Gasteiger partial charge >= 0.3 is 5.97 Å². The van der Waals surface area contributed by atoms with Gasteiger partial charge in [-0.05, 0) is 32.9 Å². The first kappa shape index (κ1) is 15.8. The molecular weight excluding hydrogens is 268 g/mol. The third-order valence-corrected chi connectivity index (χ3v) is 2.28. The predicted molar refractivity (Wildman–Crippen MR) is 70.0 cm³/mol. The largest absolute Gasteiger partial charge is 0.449 e. The molecule has 6 heteroatoms. The standard InChI is InChI=1S/C14H15F2NO3/c1-8(2)7-12(18)20-9(3)14(19)17-13-10(15)5-4-6-11(13)16/h4-7,9H,1-3H3,(H,17,19). The van der Waals surface area contributed by atoms with Crippen LogP contribution in [0.4, 0.5) is 14.5 Å². The Kier molecular flexibility index (Phi) is 5.37. The average Bonchev–Trinajstić information content (AvgIpc) is 2.32. The lowest BCUT2D eigenvalue weighted by atomic mass is 10.2. The summed E-state index contributed by atoms with van der Waals surface area (Å²) in [6, 6.07) is 3.20. The lowest BCUT2D eigenvalue weighted by Gasteiger charge is -2.13. The molecule has 0 fully saturated rings. The summed E-state index contributed by atoms with van der Waals surface area (Å²) in [5.41, 5.74) is 0.144. The van der Waals surface area contributed by atoms with E-state index in [1.165, 1.54) is 19.1 Å². The number of para-hydroxylation sites is 1. The zero-order valence-electron chi connectivity index (χ0n) is 11.4. The normalized spacial score (nSPS) is 11.4. The van der Waals surface area contributed by atoms with Crippen molar-refractivity contribution in [3.63, 3.8) is 0 Å². The van der Waals surface area contributed by atoms with Gasteiger partial charge in [-0.25, -0.2) is 13.6 Å². The number of allylic oxidation sites excluding steroid dienone is 1. The number of esters is 1. The molecule has 1 aromatic carbocycles. The number of carbonyl (C=O) groups excluding carboxylic acids is 2. The van der Waals surface area contributed by atoms with Crippen LogP contribution in [-0.2, 0) is 14.3 Å². The van der Waals surface area contributed by atoms with Crippen LogP contribution in [0.3, 0.4) is 0 Å². The van der Waals surface area contributed by atoms with E-state index in [4.69, 9.17) is 4.74 Å². The molecule has 0 saturated heterocycles. The number of rotatable bonds is 4. The number of carbonyl (C=O) groups is 2. The number of halogens is 2. The molecule has 1 atom stereocenters. The third-order valence-electron chi connectivity index (χ3n) is 2.28. The lowest BCUT2D eigenvalue weighted by Crippen LogP contribution is -2.30. The first-order chi connectivity index (χ1) is 9.31. The molecule has 0 bridgehead atoms. The second-order valence-electron chi connectivity index (χ2n) is 4.39. The van der Waals surface area contributed by atoms with Crippen LogP contribution in [-0.4, -0.2) is 18.0 Å². The third kappa shape index (κ3) is 4.46. The van der Waals surface area contributed by atoms with Crippen LogP contribution in [0, 0.1) is 11.6 Å². The number of benzene rings is 1. The summed E-state index contributed by atoms with van der Waals surface area (Å²) < 4.78 is 31.5. The van der Waals surface area contributed by atoms with Crippen LogP contribution in [0.25, 0.3) is 0 Å². The number of anilines is 1. The Morgan fingerprint density at radius 1 is 1.25 bits per heavy atom. The SMILES string of the molecule is CC(C)=CC(=O)OC(C)C(=O)Nc1c(F)cccc1F. The van der Waals surface area contributed by atoms with Gasteiger partial charge in [0.05, 0.1) is 0 Å². The van der Waals surface area contributed by atoms with Crippen LogP contribution >= 0.6 is 0 Å². The fourth-order valence-corrected chi connectivity index (χ4v) is 1.34. The minimum atomic E-state index is -1.17. The molecule has 0 aromatic heterocycles. The molecule has 0 saturated carbocycles. The molecule has 1 unspecified atom stereocenters. The van der Waals surface area contributed by atoms with Gasteiger partial charge in [0.1, 0.15) is 17.3 Å². The Hall–Kier alpha value is -2.24. The molecule has 0 heterocycles. The molecule has 108 valence electrons. The highest BCUT2D eigenvalue weighted by Crippen LogP contribution is 2.18. The quantitative estimate of drug-likeness (QED) is 0.683. The minimum Gasteiger partial charge on any atom is -0.449 e. The van der Waals surface area contributed by atoms with Crippen molar-refractivity contribution in [2.75, 3.05) is 5.32 Å². The van der Waals surface area contributed by atoms with Gasteiger partial charge in [-0.3, -0.25) is 4.79 Å². The molecule has 0 aliphatic heterocycles. The highest BCUT2D eigenvalue weighted by atomic mass is 19.1. The van der Waals surface area contributed by atoms with Gasteiger partial charge in [0.15, 0.2) is 6.10 Å². The van der Waals surface area contributed by atoms with Crippen molar-refractivity contribution in [2.24, 2.45) is 0 Å². The summed E-state index contributed by atoms with van der Waals surface area (Å²) in [7, 11) is 0. The Morgan fingerprint density at radius 3 is 2.30 bits per heavy atom. The first-order valence-electron chi connectivity index (χ1n) is 5.91. The maximum absolute atomic E-state index is 13.3. The molecule has 4 nitrogen and oxygen atoms in total. The van der Waals surface area contributed by atoms with Crippen molar-refractivity contribution in [3.05, 3.63) is 41.5 Å². The summed E-state index contributed by atoms with van der Waals surface area (Å²) in [6.07, 6.45) is 0.0464. The maximum Gasteiger partial charge on any atom is 0.331 e. The lowest BCUT2D eigenvalue weighted by molar-refractivity contribution is -0.148. The Balaban J connectivity index is 2.72. The fourth-order valence-electron chi connectivity index (χ4n) is 1.34. The molecule has 0 radical (unpaired) electrons. The highest BCUT2D eigenvalue weighted by Gasteiger charge is 2.19. The van der Waals surface area contributed by atoms with Crippen LogP contribution in [0.5, 0.6) is 0 Å². The van der Waals surface area contributed by atoms with Gasteiger partial charge in [-0.15, -0.1) is 0 Å². The van der Waals surface area contributed by atoms with E-state index in [9.17, 15) is 18.4 Å². The molecule has 0 spiro atoms. The summed E-state index contributed by atoms with van der Waals surface area (Å²) in [6.45, 7) is 4.70. The van der Waals surface area contributed by atoms with Gasteiger partial charge in [-0.1, -0.05) is 11.6 Å². The van der Waals surface area contributed by atoms with E-state index in [-0.39, 0.29) is 0 Å². The summed E-state index contributed by atoms with van der Waals surface area (Å²) in [4.78, 5) is 23.0. The zero-order chi connectivity index (χ0) is 15.3. The number of amides is 1. The number of hydrogen-bond donors (Lipinski definition) is 1. The van der Waals surface area contributed by atoms with E-state index in [2.05, 4.69) is 5.32 Å². The molecule has 0 aliphatic carbocycles. The van der Waals surface area contributed by atoms with Crippen LogP contribution in [0.2, 0.25) is 0 Å².